The van der Waals surface area contributed by atoms with E-state index >= 15 is 0 Å². The first-order valence-electron chi connectivity index (χ1n) is 10.4. The van der Waals surface area contributed by atoms with Crippen LogP contribution in [0.1, 0.15) is 64.8 Å². The van der Waals surface area contributed by atoms with Crippen molar-refractivity contribution >= 4 is 38.5 Å². The molecule has 1 saturated carbocycles. The van der Waals surface area contributed by atoms with Crippen LogP contribution in [0.2, 0.25) is 5.02 Å². The van der Waals surface area contributed by atoms with Crippen LogP contribution in [0.15, 0.2) is 27.9 Å². The third-order valence-corrected chi connectivity index (χ3v) is 9.38. The molecule has 2 N–H and O–H groups in total. The molecule has 1 aliphatic rings. The molecule has 0 bridgehead atoms. The summed E-state index contributed by atoms with van der Waals surface area (Å²) in [5, 5.41) is 3.86. The van der Waals surface area contributed by atoms with E-state index in [0.29, 0.717) is 21.4 Å². The van der Waals surface area contributed by atoms with E-state index in [9.17, 15) is 9.59 Å². The lowest BCUT2D eigenvalue weighted by Gasteiger charge is -2.31. The zero-order valence-electron chi connectivity index (χ0n) is 18.1. The minimum absolute atomic E-state index is 0.164. The predicted octanol–water partition coefficient (Wildman–Crippen LogP) is 5.24. The molecule has 6 heteroatoms. The van der Waals surface area contributed by atoms with Crippen molar-refractivity contribution in [3.63, 3.8) is 0 Å². The molecule has 1 heterocycles. The van der Waals surface area contributed by atoms with Gasteiger partial charge in [0.15, 0.2) is 0 Å². The zero-order chi connectivity index (χ0) is 22.1. The maximum Gasteiger partial charge on any atom is 0.253 e. The van der Waals surface area contributed by atoms with Crippen molar-refractivity contribution in [1.29, 1.82) is 0 Å². The van der Waals surface area contributed by atoms with E-state index in [4.69, 9.17) is 11.6 Å². The monoisotopic (exact) mass is 446 g/mol. The van der Waals surface area contributed by atoms with E-state index < -0.39 is 9.21 Å². The van der Waals surface area contributed by atoms with Crippen molar-refractivity contribution in [1.82, 2.24) is 10.3 Å². The third-order valence-electron chi connectivity index (χ3n) is 6.12. The van der Waals surface area contributed by atoms with Gasteiger partial charge in [0.05, 0.1) is 0 Å². The van der Waals surface area contributed by atoms with Crippen molar-refractivity contribution in [2.45, 2.75) is 69.6 Å². The second-order valence-corrected chi connectivity index (χ2v) is 11.8. The molecule has 0 atom stereocenters. The Morgan fingerprint density at radius 3 is 2.47 bits per heavy atom. The van der Waals surface area contributed by atoms with Gasteiger partial charge in [-0.1, -0.05) is 42.6 Å². The predicted molar refractivity (Wildman–Crippen MR) is 131 cm³/mol. The van der Waals surface area contributed by atoms with Crippen LogP contribution in [-0.2, 0) is 6.54 Å². The summed E-state index contributed by atoms with van der Waals surface area (Å²) >= 11 is 6.42. The van der Waals surface area contributed by atoms with Gasteiger partial charge < -0.3 is 10.3 Å². The first-order chi connectivity index (χ1) is 14.1. The Morgan fingerprint density at radius 1 is 1.17 bits per heavy atom. The van der Waals surface area contributed by atoms with E-state index in [1.54, 1.807) is 6.07 Å². The number of aromatic nitrogens is 1. The zero-order valence-corrected chi connectivity index (χ0v) is 19.6. The van der Waals surface area contributed by atoms with Crippen LogP contribution in [0.25, 0.3) is 0 Å². The van der Waals surface area contributed by atoms with Crippen LogP contribution in [-0.4, -0.2) is 27.9 Å². The Balaban J connectivity index is 1.90. The summed E-state index contributed by atoms with van der Waals surface area (Å²) in [6.45, 7) is 5.83. The highest BCUT2D eigenvalue weighted by Crippen LogP contribution is 2.46. The Bertz CT molecular complexity index is 1130. The number of amides is 1. The number of carbonyl (C=O) groups excluding carboxylic acids is 1. The SMILES string of the molecule is C=S(=C)(c1cc(Cl)cc(C(=O)NCc2c(C)cc(C)[nH]c2=O)c1C)C1CCCCC1. The van der Waals surface area contributed by atoms with Crippen LogP contribution in [0.4, 0.5) is 0 Å². The molecule has 3 rings (SSSR count). The van der Waals surface area contributed by atoms with Gasteiger partial charge in [0, 0.05) is 33.3 Å². The van der Waals surface area contributed by atoms with Crippen molar-refractivity contribution in [2.75, 3.05) is 0 Å². The fraction of sp³-hybridized carbons (Fsp3) is 0.417. The number of aryl methyl sites for hydroxylation is 2. The highest BCUT2D eigenvalue weighted by molar-refractivity contribution is 8.28. The lowest BCUT2D eigenvalue weighted by atomic mass is 10.0. The van der Waals surface area contributed by atoms with Gasteiger partial charge in [-0.3, -0.25) is 9.59 Å². The van der Waals surface area contributed by atoms with Crippen LogP contribution < -0.4 is 10.9 Å². The molecule has 0 unspecified atom stereocenters. The largest absolute Gasteiger partial charge is 0.348 e. The molecular weight excluding hydrogens is 416 g/mol. The average Bonchev–Trinajstić information content (AvgIpc) is 2.69. The average molecular weight is 447 g/mol. The minimum atomic E-state index is -1.58. The van der Waals surface area contributed by atoms with Crippen molar-refractivity contribution in [2.24, 2.45) is 0 Å². The Hall–Kier alpha value is -1.98. The Kier molecular flexibility index (Phi) is 6.83. The summed E-state index contributed by atoms with van der Waals surface area (Å²) in [5.74, 6) is 8.81. The van der Waals surface area contributed by atoms with Crippen LogP contribution in [0, 0.1) is 20.8 Å². The maximum atomic E-state index is 13.0. The van der Waals surface area contributed by atoms with Crippen LogP contribution >= 0.6 is 20.8 Å². The normalized spacial score (nSPS) is 15.2. The standard InChI is InChI=1S/C24H31ClN2O2S/c1-15-11-16(2)27-24(29)21(15)14-26-23(28)20-12-18(25)13-22(17(20)3)30(4,5)19-9-7-6-8-10-19/h11-13,19H,4-10,14H2,1-3H3,(H,26,28)(H,27,29). The number of aromatic amines is 1. The molecule has 2 aromatic rings. The molecule has 1 aliphatic carbocycles. The topological polar surface area (TPSA) is 62.0 Å². The van der Waals surface area contributed by atoms with Gasteiger partial charge in [-0.05, 0) is 68.2 Å². The number of pyridine rings is 1. The number of nitrogens with one attached hydrogen (secondary N) is 2. The molecule has 0 spiro atoms. The molecule has 1 aromatic carbocycles. The van der Waals surface area contributed by atoms with Crippen molar-refractivity contribution < 1.29 is 4.79 Å². The molecule has 30 heavy (non-hydrogen) atoms. The second kappa shape index (κ2) is 9.03. The molecular formula is C24H31ClN2O2S. The highest BCUT2D eigenvalue weighted by atomic mass is 35.5. The van der Waals surface area contributed by atoms with E-state index in [1.807, 2.05) is 32.9 Å². The molecule has 4 nitrogen and oxygen atoms in total. The van der Waals surface area contributed by atoms with Gasteiger partial charge in [-0.15, -0.1) is 0 Å². The second-order valence-electron chi connectivity index (χ2n) is 8.41. The summed E-state index contributed by atoms with van der Waals surface area (Å²) < 4.78 is 0. The number of rotatable bonds is 5. The smallest absolute Gasteiger partial charge is 0.253 e. The van der Waals surface area contributed by atoms with Gasteiger partial charge in [0.2, 0.25) is 0 Å². The van der Waals surface area contributed by atoms with Crippen molar-refractivity contribution in [3.8, 4) is 0 Å². The quantitative estimate of drug-likeness (QED) is 0.616. The molecule has 1 fully saturated rings. The van der Waals surface area contributed by atoms with Crippen LogP contribution in [0.3, 0.4) is 0 Å². The number of benzene rings is 1. The first-order valence-corrected chi connectivity index (χ1v) is 12.8. The number of H-pyrrole nitrogens is 1. The minimum Gasteiger partial charge on any atom is -0.348 e. The van der Waals surface area contributed by atoms with E-state index in [2.05, 4.69) is 22.0 Å². The molecule has 1 aromatic heterocycles. The molecule has 0 saturated heterocycles. The van der Waals surface area contributed by atoms with Crippen LogP contribution in [0.5, 0.6) is 0 Å². The molecule has 0 radical (unpaired) electrons. The Morgan fingerprint density at radius 2 is 1.83 bits per heavy atom. The number of carbonyl (C=O) groups is 1. The van der Waals surface area contributed by atoms with E-state index in [1.165, 1.54) is 19.3 Å². The number of halogens is 1. The number of hydrogen-bond acceptors (Lipinski definition) is 2. The Labute approximate surface area is 184 Å². The van der Waals surface area contributed by atoms with Crippen molar-refractivity contribution in [3.05, 3.63) is 61.5 Å². The maximum absolute atomic E-state index is 13.0. The fourth-order valence-electron chi connectivity index (χ4n) is 4.37. The van der Waals surface area contributed by atoms with Gasteiger partial charge in [-0.2, -0.15) is 9.21 Å². The lowest BCUT2D eigenvalue weighted by Crippen LogP contribution is -2.28. The van der Waals surface area contributed by atoms with E-state index in [0.717, 1.165) is 34.6 Å². The highest BCUT2D eigenvalue weighted by Gasteiger charge is 2.23. The summed E-state index contributed by atoms with van der Waals surface area (Å²) in [6.07, 6.45) is 5.95. The molecule has 0 aliphatic heterocycles. The summed E-state index contributed by atoms with van der Waals surface area (Å²) in [4.78, 5) is 29.1. The number of hydrogen-bond donors (Lipinski definition) is 2. The van der Waals surface area contributed by atoms with E-state index in [-0.39, 0.29) is 18.0 Å². The van der Waals surface area contributed by atoms with Gasteiger partial charge in [-0.25, -0.2) is 0 Å². The fourth-order valence-corrected chi connectivity index (χ4v) is 7.33. The third kappa shape index (κ3) is 4.68. The lowest BCUT2D eigenvalue weighted by molar-refractivity contribution is 0.0950. The summed E-state index contributed by atoms with van der Waals surface area (Å²) in [7, 11) is -1.58. The molecule has 1 amide bonds. The molecule has 162 valence electrons. The van der Waals surface area contributed by atoms with Gasteiger partial charge in [0.25, 0.3) is 11.5 Å². The first kappa shape index (κ1) is 22.7. The summed E-state index contributed by atoms with van der Waals surface area (Å²) in [6, 6.07) is 5.53. The van der Waals surface area contributed by atoms with Gasteiger partial charge in [0.1, 0.15) is 0 Å². The summed E-state index contributed by atoms with van der Waals surface area (Å²) in [5.41, 5.74) is 3.46. The van der Waals surface area contributed by atoms with Gasteiger partial charge >= 0.3 is 0 Å².